The molecule has 0 heterocycles. The first-order valence-corrected chi connectivity index (χ1v) is 17.9. The van der Waals surface area contributed by atoms with Crippen LogP contribution >= 0.6 is 15.8 Å². The maximum Gasteiger partial charge on any atom is 0.339 e. The molecule has 0 aliphatic rings. The van der Waals surface area contributed by atoms with E-state index in [1.807, 2.05) is 72.8 Å². The fourth-order valence-corrected chi connectivity index (χ4v) is 10.4. The van der Waals surface area contributed by atoms with Crippen molar-refractivity contribution >= 4 is 53.1 Å². The Balaban J connectivity index is 1.56. The summed E-state index contributed by atoms with van der Waals surface area (Å²) in [5, 5.41) is 4.62. The maximum absolute atomic E-state index is 13.6. The Bertz CT molecular complexity index is 1540. The van der Waals surface area contributed by atoms with Crippen LogP contribution in [0.15, 0.2) is 150 Å². The lowest BCUT2D eigenvalue weighted by Crippen LogP contribution is -2.31. The number of carbonyl (C=O) groups is 1. The van der Waals surface area contributed by atoms with E-state index in [1.165, 1.54) is 18.2 Å². The highest BCUT2D eigenvalue weighted by Crippen LogP contribution is 2.41. The van der Waals surface area contributed by atoms with Gasteiger partial charge in [0.05, 0.1) is 5.56 Å². The van der Waals surface area contributed by atoms with Crippen LogP contribution in [0.3, 0.4) is 0 Å². The third kappa shape index (κ3) is 7.59. The van der Waals surface area contributed by atoms with E-state index in [4.69, 9.17) is 4.74 Å². The Hall–Kier alpha value is -3.66. The van der Waals surface area contributed by atoms with E-state index < -0.39 is 42.9 Å². The van der Waals surface area contributed by atoms with Gasteiger partial charge in [-0.1, -0.05) is 133 Å². The van der Waals surface area contributed by atoms with Gasteiger partial charge in [0.2, 0.25) is 0 Å². The first kappa shape index (κ1) is 29.8. The van der Waals surface area contributed by atoms with Gasteiger partial charge in [-0.25, -0.2) is 4.79 Å². The van der Waals surface area contributed by atoms with Gasteiger partial charge in [-0.15, -0.1) is 0 Å². The molecule has 0 unspecified atom stereocenters. The van der Waals surface area contributed by atoms with Gasteiger partial charge < -0.3 is 4.74 Å². The Morgan fingerprint density at radius 1 is 0.571 bits per heavy atom. The minimum absolute atomic E-state index is 0.183. The zero-order valence-electron chi connectivity index (χ0n) is 22.7. The standard InChI is InChI=1S/C34H30O5P2S/c35-34(32-23-13-14-24-33(32)42(36,37)38)39-27(25-40(28-15-5-1-6-16-28)29-17-7-2-8-18-29)26-41(30-19-9-3-10-20-30)31-21-11-4-12-22-31/h1-24,27H,25-26H2,(H,36,37,38). The minimum atomic E-state index is -4.63. The molecule has 1 N–H and O–H groups in total. The molecule has 0 saturated heterocycles. The van der Waals surface area contributed by atoms with E-state index in [0.29, 0.717) is 12.3 Å². The second-order valence-electron chi connectivity index (χ2n) is 9.56. The van der Waals surface area contributed by atoms with Crippen molar-refractivity contribution in [3.63, 3.8) is 0 Å². The van der Waals surface area contributed by atoms with Crippen LogP contribution in [0, 0.1) is 0 Å². The zero-order chi connectivity index (χ0) is 29.4. The summed E-state index contributed by atoms with van der Waals surface area (Å²) in [7, 11) is -6.47. The lowest BCUT2D eigenvalue weighted by Gasteiger charge is -2.29. The summed E-state index contributed by atoms with van der Waals surface area (Å²) in [5.74, 6) is -0.777. The van der Waals surface area contributed by atoms with Gasteiger partial charge in [0.25, 0.3) is 10.1 Å². The zero-order valence-corrected chi connectivity index (χ0v) is 25.3. The Labute approximate surface area is 249 Å². The van der Waals surface area contributed by atoms with Crippen molar-refractivity contribution in [1.29, 1.82) is 0 Å². The molecular weight excluding hydrogens is 582 g/mol. The van der Waals surface area contributed by atoms with Crippen molar-refractivity contribution < 1.29 is 22.5 Å². The molecule has 5 nitrogen and oxygen atoms in total. The summed E-state index contributed by atoms with van der Waals surface area (Å²) in [6.45, 7) is 0. The van der Waals surface area contributed by atoms with Crippen molar-refractivity contribution in [2.24, 2.45) is 0 Å². The molecule has 5 aromatic rings. The van der Waals surface area contributed by atoms with E-state index >= 15 is 0 Å². The van der Waals surface area contributed by atoms with Crippen molar-refractivity contribution in [1.82, 2.24) is 0 Å². The van der Waals surface area contributed by atoms with Crippen molar-refractivity contribution in [2.75, 3.05) is 12.3 Å². The molecule has 42 heavy (non-hydrogen) atoms. The van der Waals surface area contributed by atoms with E-state index in [-0.39, 0.29) is 5.56 Å². The second kappa shape index (κ2) is 14.0. The number of carbonyl (C=O) groups excluding carboxylic acids is 1. The SMILES string of the molecule is O=C(OC(CP(c1ccccc1)c1ccccc1)CP(c1ccccc1)c1ccccc1)c1ccccc1S(=O)(=O)O. The van der Waals surface area contributed by atoms with Crippen molar-refractivity contribution in [3.8, 4) is 0 Å². The van der Waals surface area contributed by atoms with Gasteiger partial charge in [0.15, 0.2) is 0 Å². The molecule has 0 aromatic heterocycles. The summed E-state index contributed by atoms with van der Waals surface area (Å²) in [5.41, 5.74) is -0.183. The van der Waals surface area contributed by atoms with E-state index in [2.05, 4.69) is 48.5 Å². The predicted molar refractivity (Wildman–Crippen MR) is 173 cm³/mol. The molecule has 8 heteroatoms. The first-order valence-electron chi connectivity index (χ1n) is 13.4. The molecule has 0 bridgehead atoms. The monoisotopic (exact) mass is 612 g/mol. The van der Waals surface area contributed by atoms with Crippen LogP contribution in [-0.2, 0) is 14.9 Å². The summed E-state index contributed by atoms with van der Waals surface area (Å²) in [6, 6.07) is 46.4. The molecule has 0 aliphatic carbocycles. The summed E-state index contributed by atoms with van der Waals surface area (Å²) in [6.07, 6.45) is 0.536. The van der Waals surface area contributed by atoms with Gasteiger partial charge >= 0.3 is 5.97 Å². The molecule has 0 amide bonds. The molecule has 0 radical (unpaired) electrons. The van der Waals surface area contributed by atoms with Gasteiger partial charge in [0.1, 0.15) is 11.0 Å². The first-order chi connectivity index (χ1) is 20.4. The van der Waals surface area contributed by atoms with Gasteiger partial charge in [-0.05, 0) is 49.2 Å². The highest BCUT2D eigenvalue weighted by Gasteiger charge is 2.29. The van der Waals surface area contributed by atoms with Gasteiger partial charge in [-0.2, -0.15) is 8.42 Å². The van der Waals surface area contributed by atoms with E-state index in [9.17, 15) is 17.8 Å². The van der Waals surface area contributed by atoms with Crippen molar-refractivity contribution in [3.05, 3.63) is 151 Å². The molecule has 0 saturated carbocycles. The molecule has 0 fully saturated rings. The lowest BCUT2D eigenvalue weighted by atomic mass is 10.2. The van der Waals surface area contributed by atoms with Crippen LogP contribution in [-0.4, -0.2) is 37.4 Å². The van der Waals surface area contributed by atoms with Crippen LogP contribution < -0.4 is 21.2 Å². The largest absolute Gasteiger partial charge is 0.458 e. The Morgan fingerprint density at radius 2 is 0.905 bits per heavy atom. The normalized spacial score (nSPS) is 11.6. The average molecular weight is 613 g/mol. The Morgan fingerprint density at radius 3 is 1.26 bits per heavy atom. The third-order valence-corrected chi connectivity index (χ3v) is 12.8. The molecular formula is C34H30O5P2S. The molecule has 0 atom stereocenters. The van der Waals surface area contributed by atoms with Crippen LogP contribution in [0.5, 0.6) is 0 Å². The highest BCUT2D eigenvalue weighted by atomic mass is 32.2. The lowest BCUT2D eigenvalue weighted by molar-refractivity contribution is 0.0386. The summed E-state index contributed by atoms with van der Waals surface area (Å²) >= 11 is 0. The topological polar surface area (TPSA) is 80.7 Å². The number of esters is 1. The molecule has 5 aromatic carbocycles. The average Bonchev–Trinajstić information content (AvgIpc) is 3.03. The van der Waals surface area contributed by atoms with Crippen LogP contribution in [0.4, 0.5) is 0 Å². The number of hydrogen-bond acceptors (Lipinski definition) is 4. The number of benzene rings is 5. The quantitative estimate of drug-likeness (QED) is 0.117. The predicted octanol–water partition coefficient (Wildman–Crippen LogP) is 5.72. The molecule has 5 rings (SSSR count). The third-order valence-electron chi connectivity index (χ3n) is 6.70. The van der Waals surface area contributed by atoms with Crippen LogP contribution in [0.1, 0.15) is 10.4 Å². The smallest absolute Gasteiger partial charge is 0.339 e. The van der Waals surface area contributed by atoms with Crippen LogP contribution in [0.25, 0.3) is 0 Å². The molecule has 0 spiro atoms. The minimum Gasteiger partial charge on any atom is -0.458 e. The fourth-order valence-electron chi connectivity index (χ4n) is 4.77. The van der Waals surface area contributed by atoms with Gasteiger partial charge in [0, 0.05) is 12.3 Å². The fraction of sp³-hybridized carbons (Fsp3) is 0.0882. The summed E-state index contributed by atoms with van der Waals surface area (Å²) < 4.78 is 40.2. The van der Waals surface area contributed by atoms with Gasteiger partial charge in [-0.3, -0.25) is 4.55 Å². The number of ether oxygens (including phenoxy) is 1. The number of rotatable bonds is 11. The maximum atomic E-state index is 13.6. The van der Waals surface area contributed by atoms with E-state index in [1.54, 1.807) is 6.07 Å². The second-order valence-corrected chi connectivity index (χ2v) is 15.5. The number of hydrogen-bond donors (Lipinski definition) is 1. The summed E-state index contributed by atoms with van der Waals surface area (Å²) in [4.78, 5) is 13.2. The molecule has 212 valence electrons. The van der Waals surface area contributed by atoms with Crippen molar-refractivity contribution in [2.45, 2.75) is 11.0 Å². The Kier molecular flexibility index (Phi) is 9.94. The highest BCUT2D eigenvalue weighted by molar-refractivity contribution is 7.86. The van der Waals surface area contributed by atoms with E-state index in [0.717, 1.165) is 21.2 Å². The van der Waals surface area contributed by atoms with Crippen LogP contribution in [0.2, 0.25) is 0 Å². The molecule has 0 aliphatic heterocycles.